The van der Waals surface area contributed by atoms with Crippen LogP contribution < -0.4 is 0 Å². The van der Waals surface area contributed by atoms with E-state index in [0.29, 0.717) is 35.4 Å². The fraction of sp³-hybridized carbons (Fsp3) is 0.278. The van der Waals surface area contributed by atoms with Crippen LogP contribution in [-0.4, -0.2) is 38.0 Å². The van der Waals surface area contributed by atoms with Crippen LogP contribution in [-0.2, 0) is 11.2 Å². The Kier molecular flexibility index (Phi) is 3.38. The van der Waals surface area contributed by atoms with E-state index in [9.17, 15) is 14.7 Å². The highest BCUT2D eigenvalue weighted by Gasteiger charge is 2.38. The molecule has 1 aliphatic heterocycles. The second-order valence-electron chi connectivity index (χ2n) is 6.25. The van der Waals surface area contributed by atoms with Gasteiger partial charge in [0.25, 0.3) is 5.91 Å². The Labute approximate surface area is 143 Å². The lowest BCUT2D eigenvalue weighted by Gasteiger charge is -2.32. The van der Waals surface area contributed by atoms with Crippen molar-refractivity contribution in [2.24, 2.45) is 0 Å². The average Bonchev–Trinajstić information content (AvgIpc) is 3.23. The Bertz CT molecular complexity index is 1000. The summed E-state index contributed by atoms with van der Waals surface area (Å²) in [5.41, 5.74) is 3.63. The molecule has 128 valence electrons. The minimum Gasteiger partial charge on any atom is -0.479 e. The third-order valence-corrected chi connectivity index (χ3v) is 4.88. The quantitative estimate of drug-likeness (QED) is 0.774. The molecule has 3 aromatic rings. The number of fused-ring (bicyclic) bond motifs is 2. The molecule has 7 heteroatoms. The van der Waals surface area contributed by atoms with E-state index in [1.165, 1.54) is 17.4 Å². The van der Waals surface area contributed by atoms with Crippen LogP contribution in [0.2, 0.25) is 0 Å². The molecule has 1 atom stereocenters. The van der Waals surface area contributed by atoms with Crippen LogP contribution in [0.4, 0.5) is 0 Å². The fourth-order valence-corrected chi connectivity index (χ4v) is 3.40. The predicted molar refractivity (Wildman–Crippen MR) is 88.5 cm³/mol. The molecule has 0 saturated heterocycles. The van der Waals surface area contributed by atoms with E-state index in [2.05, 4.69) is 5.10 Å². The molecule has 1 unspecified atom stereocenters. The van der Waals surface area contributed by atoms with Crippen LogP contribution in [0.5, 0.6) is 0 Å². The van der Waals surface area contributed by atoms with Gasteiger partial charge in [-0.3, -0.25) is 4.79 Å². The molecule has 0 fully saturated rings. The first-order valence-corrected chi connectivity index (χ1v) is 8.03. The summed E-state index contributed by atoms with van der Waals surface area (Å²) in [5.74, 6) is -0.778. The SMILES string of the molecule is Cc1ccc2c(C(=O)N3CCc4occc4C3C(=O)O)cnn2c1C. The number of rotatable bonds is 2. The lowest BCUT2D eigenvalue weighted by molar-refractivity contribution is -0.143. The minimum atomic E-state index is -1.07. The molecule has 1 amide bonds. The number of carboxylic acid groups (broad SMARTS) is 1. The number of furan rings is 1. The van der Waals surface area contributed by atoms with Crippen molar-refractivity contribution in [3.8, 4) is 0 Å². The summed E-state index contributed by atoms with van der Waals surface area (Å²) < 4.78 is 7.05. The van der Waals surface area contributed by atoms with E-state index in [0.717, 1.165) is 11.3 Å². The second-order valence-corrected chi connectivity index (χ2v) is 6.25. The maximum absolute atomic E-state index is 13.1. The zero-order valence-electron chi connectivity index (χ0n) is 13.9. The molecule has 1 aliphatic rings. The lowest BCUT2D eigenvalue weighted by Crippen LogP contribution is -2.43. The molecule has 4 heterocycles. The molecule has 0 bridgehead atoms. The highest BCUT2D eigenvalue weighted by atomic mass is 16.4. The summed E-state index contributed by atoms with van der Waals surface area (Å²) in [6.45, 7) is 4.20. The number of aryl methyl sites for hydroxylation is 2. The molecule has 0 radical (unpaired) electrons. The van der Waals surface area contributed by atoms with Crippen molar-refractivity contribution in [1.29, 1.82) is 0 Å². The van der Waals surface area contributed by atoms with Crippen LogP contribution >= 0.6 is 0 Å². The second kappa shape index (κ2) is 5.47. The summed E-state index contributed by atoms with van der Waals surface area (Å²) in [6.07, 6.45) is 3.47. The lowest BCUT2D eigenvalue weighted by atomic mass is 9.98. The molecule has 0 aliphatic carbocycles. The van der Waals surface area contributed by atoms with Gasteiger partial charge < -0.3 is 14.4 Å². The van der Waals surface area contributed by atoms with Gasteiger partial charge in [0.2, 0.25) is 0 Å². The van der Waals surface area contributed by atoms with Crippen LogP contribution in [0.3, 0.4) is 0 Å². The minimum absolute atomic E-state index is 0.290. The number of aliphatic carboxylic acids is 1. The van der Waals surface area contributed by atoms with Gasteiger partial charge in [-0.15, -0.1) is 0 Å². The molecule has 7 nitrogen and oxygen atoms in total. The number of carboxylic acids is 1. The van der Waals surface area contributed by atoms with E-state index < -0.39 is 12.0 Å². The molecular weight excluding hydrogens is 322 g/mol. The van der Waals surface area contributed by atoms with Gasteiger partial charge in [-0.05, 0) is 31.5 Å². The predicted octanol–water partition coefficient (Wildman–Crippen LogP) is 2.37. The van der Waals surface area contributed by atoms with Crippen molar-refractivity contribution in [1.82, 2.24) is 14.5 Å². The Balaban J connectivity index is 1.79. The van der Waals surface area contributed by atoms with E-state index in [1.54, 1.807) is 10.6 Å². The largest absolute Gasteiger partial charge is 0.479 e. The van der Waals surface area contributed by atoms with E-state index in [1.807, 2.05) is 26.0 Å². The van der Waals surface area contributed by atoms with E-state index >= 15 is 0 Å². The number of pyridine rings is 1. The number of amides is 1. The van der Waals surface area contributed by atoms with Gasteiger partial charge in [0.1, 0.15) is 5.76 Å². The number of nitrogens with zero attached hydrogens (tertiary/aromatic N) is 3. The number of hydrogen-bond acceptors (Lipinski definition) is 4. The van der Waals surface area contributed by atoms with E-state index in [4.69, 9.17) is 4.42 Å². The van der Waals surface area contributed by atoms with Gasteiger partial charge in [-0.25, -0.2) is 9.31 Å². The highest BCUT2D eigenvalue weighted by Crippen LogP contribution is 2.32. The number of hydrogen-bond donors (Lipinski definition) is 1. The first kappa shape index (κ1) is 15.4. The molecule has 1 N–H and O–H groups in total. The van der Waals surface area contributed by atoms with Gasteiger partial charge in [0.05, 0.1) is 23.5 Å². The normalized spacial score (nSPS) is 16.9. The van der Waals surface area contributed by atoms with Crippen molar-refractivity contribution in [2.75, 3.05) is 6.54 Å². The molecule has 3 aromatic heterocycles. The number of aromatic nitrogens is 2. The first-order chi connectivity index (χ1) is 12.0. The topological polar surface area (TPSA) is 88.0 Å². The van der Waals surface area contributed by atoms with Gasteiger partial charge in [0, 0.05) is 24.2 Å². The van der Waals surface area contributed by atoms with Crippen molar-refractivity contribution >= 4 is 17.4 Å². The number of carbonyl (C=O) groups excluding carboxylic acids is 1. The zero-order valence-corrected chi connectivity index (χ0v) is 13.9. The van der Waals surface area contributed by atoms with Gasteiger partial charge >= 0.3 is 5.97 Å². The van der Waals surface area contributed by atoms with Crippen molar-refractivity contribution in [2.45, 2.75) is 26.3 Å². The monoisotopic (exact) mass is 339 g/mol. The maximum Gasteiger partial charge on any atom is 0.331 e. The van der Waals surface area contributed by atoms with Crippen molar-refractivity contribution in [3.63, 3.8) is 0 Å². The van der Waals surface area contributed by atoms with Crippen molar-refractivity contribution in [3.05, 3.63) is 58.8 Å². The molecule has 0 aromatic carbocycles. The molecular formula is C18H17N3O4. The van der Waals surface area contributed by atoms with Crippen LogP contribution in [0.25, 0.3) is 5.52 Å². The smallest absolute Gasteiger partial charge is 0.331 e. The Morgan fingerprint density at radius 3 is 2.84 bits per heavy atom. The van der Waals surface area contributed by atoms with Crippen LogP contribution in [0.15, 0.2) is 35.1 Å². The van der Waals surface area contributed by atoms with Gasteiger partial charge in [-0.2, -0.15) is 5.10 Å². The number of carbonyl (C=O) groups is 2. The van der Waals surface area contributed by atoms with Gasteiger partial charge in [0.15, 0.2) is 6.04 Å². The van der Waals surface area contributed by atoms with Crippen LogP contribution in [0, 0.1) is 13.8 Å². The molecule has 25 heavy (non-hydrogen) atoms. The third-order valence-electron chi connectivity index (χ3n) is 4.88. The fourth-order valence-electron chi connectivity index (χ4n) is 3.40. The molecule has 4 rings (SSSR count). The molecule has 0 spiro atoms. The average molecular weight is 339 g/mol. The maximum atomic E-state index is 13.1. The third kappa shape index (κ3) is 2.23. The summed E-state index contributed by atoms with van der Waals surface area (Å²) in [4.78, 5) is 26.3. The summed E-state index contributed by atoms with van der Waals surface area (Å²) >= 11 is 0. The summed E-state index contributed by atoms with van der Waals surface area (Å²) in [7, 11) is 0. The first-order valence-electron chi connectivity index (χ1n) is 8.03. The Morgan fingerprint density at radius 1 is 1.28 bits per heavy atom. The summed E-state index contributed by atoms with van der Waals surface area (Å²) in [6, 6.07) is 4.35. The van der Waals surface area contributed by atoms with Crippen molar-refractivity contribution < 1.29 is 19.1 Å². The van der Waals surface area contributed by atoms with E-state index in [-0.39, 0.29) is 5.91 Å². The highest BCUT2D eigenvalue weighted by molar-refractivity contribution is 6.02. The van der Waals surface area contributed by atoms with Crippen LogP contribution in [0.1, 0.15) is 39.0 Å². The Morgan fingerprint density at radius 2 is 2.08 bits per heavy atom. The Hall–Kier alpha value is -3.09. The standard InChI is InChI=1S/C18H17N3O4/c1-10-3-4-14-13(9-19-21(14)11(10)2)17(22)20-7-5-15-12(6-8-25-15)16(20)18(23)24/h3-4,6,8-9,16H,5,7H2,1-2H3,(H,23,24). The summed E-state index contributed by atoms with van der Waals surface area (Å²) in [5, 5.41) is 14.0. The zero-order chi connectivity index (χ0) is 17.7. The van der Waals surface area contributed by atoms with Gasteiger partial charge in [-0.1, -0.05) is 6.07 Å². The molecule has 0 saturated carbocycles.